The molecule has 0 aliphatic rings. The molecule has 0 saturated heterocycles. The number of nitrogens with one attached hydrogen (secondary N) is 1. The number of aryl methyl sites for hydroxylation is 3. The fourth-order valence-electron chi connectivity index (χ4n) is 2.63. The summed E-state index contributed by atoms with van der Waals surface area (Å²) in [5.41, 5.74) is 3.41. The first-order chi connectivity index (χ1) is 12.3. The largest absolute Gasteiger partial charge is 0.380 e. The molecule has 1 amide bonds. The van der Waals surface area contributed by atoms with Crippen LogP contribution in [0.1, 0.15) is 27.9 Å². The predicted octanol–water partition coefficient (Wildman–Crippen LogP) is 3.19. The van der Waals surface area contributed by atoms with E-state index in [1.165, 1.54) is 11.7 Å². The number of aromatic nitrogens is 1. The van der Waals surface area contributed by atoms with Crippen molar-refractivity contribution in [2.75, 3.05) is 12.4 Å². The number of amides is 1. The molecule has 0 radical (unpaired) electrons. The smallest absolute Gasteiger partial charge is 0.269 e. The fourth-order valence-corrected chi connectivity index (χ4v) is 3.19. The van der Waals surface area contributed by atoms with Crippen LogP contribution in [-0.4, -0.2) is 17.6 Å². The van der Waals surface area contributed by atoms with Gasteiger partial charge < -0.3 is 14.6 Å². The monoisotopic (exact) mass is 417 g/mol. The number of hydrogen-bond acceptors (Lipinski definition) is 4. The zero-order valence-corrected chi connectivity index (χ0v) is 16.7. The Morgan fingerprint density at radius 2 is 1.92 bits per heavy atom. The SMILES string of the molecule is COCc1cc(C)n(CC(=O)Nc2cc(C)c(C)cc2Br)c(=O)c1C#N. The molecule has 0 spiro atoms. The van der Waals surface area contributed by atoms with E-state index in [1.54, 1.807) is 13.0 Å². The summed E-state index contributed by atoms with van der Waals surface area (Å²) in [6.45, 7) is 5.66. The second kappa shape index (κ2) is 8.30. The number of hydrogen-bond donors (Lipinski definition) is 1. The van der Waals surface area contributed by atoms with Gasteiger partial charge in [0, 0.05) is 22.8 Å². The molecule has 2 aromatic rings. The number of carbonyl (C=O) groups excluding carboxylic acids is 1. The van der Waals surface area contributed by atoms with Crippen LogP contribution in [0.4, 0.5) is 5.69 Å². The molecular weight excluding hydrogens is 398 g/mol. The predicted molar refractivity (Wildman–Crippen MR) is 103 cm³/mol. The lowest BCUT2D eigenvalue weighted by Crippen LogP contribution is -2.31. The molecule has 1 heterocycles. The van der Waals surface area contributed by atoms with Crippen molar-refractivity contribution in [2.45, 2.75) is 33.9 Å². The van der Waals surface area contributed by atoms with E-state index in [9.17, 15) is 14.9 Å². The van der Waals surface area contributed by atoms with Gasteiger partial charge in [-0.05, 0) is 66.0 Å². The minimum absolute atomic E-state index is 0.00221. The highest BCUT2D eigenvalue weighted by molar-refractivity contribution is 9.10. The van der Waals surface area contributed by atoms with Crippen LogP contribution < -0.4 is 10.9 Å². The summed E-state index contributed by atoms with van der Waals surface area (Å²) < 4.78 is 7.09. The maximum Gasteiger partial charge on any atom is 0.269 e. The van der Waals surface area contributed by atoms with Crippen LogP contribution in [0.5, 0.6) is 0 Å². The number of nitriles is 1. The number of carbonyl (C=O) groups is 1. The number of halogens is 1. The summed E-state index contributed by atoms with van der Waals surface area (Å²) in [6.07, 6.45) is 0. The molecule has 0 atom stereocenters. The van der Waals surface area contributed by atoms with Crippen LogP contribution in [0, 0.1) is 32.1 Å². The fraction of sp³-hybridized carbons (Fsp3) is 0.316. The first-order valence-electron chi connectivity index (χ1n) is 7.97. The molecule has 1 aromatic heterocycles. The molecule has 0 bridgehead atoms. The Morgan fingerprint density at radius 1 is 1.27 bits per heavy atom. The molecule has 1 aromatic carbocycles. The number of ether oxygens (including phenoxy) is 1. The van der Waals surface area contributed by atoms with Crippen LogP contribution in [-0.2, 0) is 22.7 Å². The van der Waals surface area contributed by atoms with E-state index >= 15 is 0 Å². The Labute approximate surface area is 160 Å². The molecule has 2 rings (SSSR count). The molecule has 0 fully saturated rings. The highest BCUT2D eigenvalue weighted by atomic mass is 79.9. The summed E-state index contributed by atoms with van der Waals surface area (Å²) in [6, 6.07) is 7.40. The summed E-state index contributed by atoms with van der Waals surface area (Å²) in [7, 11) is 1.50. The molecule has 1 N–H and O–H groups in total. The summed E-state index contributed by atoms with van der Waals surface area (Å²) in [5.74, 6) is -0.345. The summed E-state index contributed by atoms with van der Waals surface area (Å²) in [4.78, 5) is 25.0. The first-order valence-corrected chi connectivity index (χ1v) is 8.76. The average molecular weight is 418 g/mol. The second-order valence-corrected chi connectivity index (χ2v) is 6.94. The maximum absolute atomic E-state index is 12.6. The van der Waals surface area contributed by atoms with Crippen LogP contribution >= 0.6 is 15.9 Å². The molecule has 0 saturated carbocycles. The van der Waals surface area contributed by atoms with E-state index in [1.807, 2.05) is 32.0 Å². The lowest BCUT2D eigenvalue weighted by Gasteiger charge is -2.14. The van der Waals surface area contributed by atoms with Crippen molar-refractivity contribution in [1.82, 2.24) is 4.57 Å². The van der Waals surface area contributed by atoms with E-state index < -0.39 is 5.56 Å². The molecule has 136 valence electrons. The van der Waals surface area contributed by atoms with Gasteiger partial charge in [-0.25, -0.2) is 0 Å². The number of methoxy groups -OCH3 is 1. The highest BCUT2D eigenvalue weighted by Crippen LogP contribution is 2.26. The Bertz CT molecular complexity index is 958. The Hall–Kier alpha value is -2.43. The number of benzene rings is 1. The highest BCUT2D eigenvalue weighted by Gasteiger charge is 2.16. The lowest BCUT2D eigenvalue weighted by molar-refractivity contribution is -0.116. The van der Waals surface area contributed by atoms with Crippen molar-refractivity contribution in [3.8, 4) is 6.07 Å². The van der Waals surface area contributed by atoms with Crippen LogP contribution in [0.15, 0.2) is 27.5 Å². The Kier molecular flexibility index (Phi) is 6.35. The third kappa shape index (κ3) is 4.21. The number of rotatable bonds is 5. The lowest BCUT2D eigenvalue weighted by atomic mass is 10.1. The Morgan fingerprint density at radius 3 is 2.54 bits per heavy atom. The molecule has 0 aliphatic heterocycles. The zero-order chi connectivity index (χ0) is 19.4. The molecule has 26 heavy (non-hydrogen) atoms. The van der Waals surface area contributed by atoms with Gasteiger partial charge in [0.25, 0.3) is 5.56 Å². The second-order valence-electron chi connectivity index (χ2n) is 6.09. The quantitative estimate of drug-likeness (QED) is 0.809. The normalized spacial score (nSPS) is 10.5. The van der Waals surface area contributed by atoms with Gasteiger partial charge in [0.2, 0.25) is 5.91 Å². The van der Waals surface area contributed by atoms with Crippen molar-refractivity contribution >= 4 is 27.5 Å². The number of pyridine rings is 1. The van der Waals surface area contributed by atoms with Crippen LogP contribution in [0.25, 0.3) is 0 Å². The number of nitrogens with zero attached hydrogens (tertiary/aromatic N) is 2. The first kappa shape index (κ1) is 19.9. The molecule has 7 heteroatoms. The van der Waals surface area contributed by atoms with Gasteiger partial charge in [0.1, 0.15) is 18.2 Å². The van der Waals surface area contributed by atoms with Crippen LogP contribution in [0.2, 0.25) is 0 Å². The van der Waals surface area contributed by atoms with Gasteiger partial charge in [0.15, 0.2) is 0 Å². The third-order valence-electron chi connectivity index (χ3n) is 4.16. The number of anilines is 1. The van der Waals surface area contributed by atoms with Gasteiger partial charge in [0.05, 0.1) is 12.3 Å². The van der Waals surface area contributed by atoms with Gasteiger partial charge >= 0.3 is 0 Å². The molecule has 0 aliphatic carbocycles. The minimum Gasteiger partial charge on any atom is -0.380 e. The van der Waals surface area contributed by atoms with E-state index in [-0.39, 0.29) is 24.6 Å². The van der Waals surface area contributed by atoms with Gasteiger partial charge in [-0.2, -0.15) is 5.26 Å². The topological polar surface area (TPSA) is 84.1 Å². The Balaban J connectivity index is 2.31. The van der Waals surface area contributed by atoms with Crippen molar-refractivity contribution in [1.29, 1.82) is 5.26 Å². The van der Waals surface area contributed by atoms with E-state index in [0.717, 1.165) is 15.6 Å². The van der Waals surface area contributed by atoms with E-state index in [4.69, 9.17) is 4.74 Å². The van der Waals surface area contributed by atoms with Gasteiger partial charge in [-0.15, -0.1) is 0 Å². The maximum atomic E-state index is 12.6. The molecular formula is C19H20BrN3O3. The average Bonchev–Trinajstić information content (AvgIpc) is 2.57. The molecule has 6 nitrogen and oxygen atoms in total. The zero-order valence-electron chi connectivity index (χ0n) is 15.1. The van der Waals surface area contributed by atoms with E-state index in [2.05, 4.69) is 21.2 Å². The summed E-state index contributed by atoms with van der Waals surface area (Å²) >= 11 is 3.43. The standard InChI is InChI=1S/C19H20BrN3O3/c1-11-5-16(20)17(6-12(11)2)22-18(24)9-23-13(3)7-14(10-26-4)15(8-21)19(23)25/h5-7H,9-10H2,1-4H3,(H,22,24). The van der Waals surface area contributed by atoms with Gasteiger partial charge in [-0.3, -0.25) is 9.59 Å². The summed E-state index contributed by atoms with van der Waals surface area (Å²) in [5, 5.41) is 12.1. The van der Waals surface area contributed by atoms with E-state index in [0.29, 0.717) is 16.9 Å². The van der Waals surface area contributed by atoms with Crippen LogP contribution in [0.3, 0.4) is 0 Å². The minimum atomic E-state index is -0.492. The van der Waals surface area contributed by atoms with Gasteiger partial charge in [-0.1, -0.05) is 0 Å². The van der Waals surface area contributed by atoms with Crippen molar-refractivity contribution in [3.63, 3.8) is 0 Å². The van der Waals surface area contributed by atoms with Crippen molar-refractivity contribution in [2.24, 2.45) is 0 Å². The van der Waals surface area contributed by atoms with Crippen molar-refractivity contribution < 1.29 is 9.53 Å². The third-order valence-corrected chi connectivity index (χ3v) is 4.82. The van der Waals surface area contributed by atoms with Crippen molar-refractivity contribution in [3.05, 3.63) is 61.0 Å². The molecule has 0 unspecified atom stereocenters.